The van der Waals surface area contributed by atoms with Gasteiger partial charge in [-0.1, -0.05) is 25.5 Å². The van der Waals surface area contributed by atoms with Gasteiger partial charge in [0, 0.05) is 18.3 Å². The lowest BCUT2D eigenvalue weighted by molar-refractivity contribution is 0.566. The molecule has 0 aliphatic rings. The fourth-order valence-electron chi connectivity index (χ4n) is 2.53. The maximum Gasteiger partial charge on any atom is 0.233 e. The molecule has 0 spiro atoms. The zero-order valence-corrected chi connectivity index (χ0v) is 13.6. The van der Waals surface area contributed by atoms with Gasteiger partial charge in [-0.3, -0.25) is 4.79 Å². The van der Waals surface area contributed by atoms with E-state index in [1.54, 1.807) is 6.07 Å². The number of hydrogen-bond donors (Lipinski definition) is 1. The summed E-state index contributed by atoms with van der Waals surface area (Å²) in [5, 5.41) is 0.616. The van der Waals surface area contributed by atoms with Gasteiger partial charge >= 0.3 is 0 Å². The van der Waals surface area contributed by atoms with Crippen LogP contribution in [0.2, 0.25) is 0 Å². The van der Waals surface area contributed by atoms with Crippen molar-refractivity contribution >= 4 is 23.7 Å². The summed E-state index contributed by atoms with van der Waals surface area (Å²) in [5.74, 6) is 0.335. The Balaban J connectivity index is 2.19. The number of aromatic nitrogens is 2. The fourth-order valence-corrected chi connectivity index (χ4v) is 2.99. The highest BCUT2D eigenvalue weighted by molar-refractivity contribution is 7.80. The predicted octanol–water partition coefficient (Wildman–Crippen LogP) is 4.05. The first-order chi connectivity index (χ1) is 10.6. The van der Waals surface area contributed by atoms with E-state index in [9.17, 15) is 4.79 Å². The number of aryl methyl sites for hydroxylation is 1. The molecule has 114 valence electrons. The Morgan fingerprint density at radius 1 is 1.32 bits per heavy atom. The van der Waals surface area contributed by atoms with Crippen molar-refractivity contribution < 1.29 is 4.42 Å². The smallest absolute Gasteiger partial charge is 0.233 e. The average molecular weight is 314 g/mol. The van der Waals surface area contributed by atoms with Crippen LogP contribution in [0.1, 0.15) is 25.5 Å². The first kappa shape index (κ1) is 14.9. The van der Waals surface area contributed by atoms with Crippen LogP contribution in [0.3, 0.4) is 0 Å². The SMILES string of the molecule is CCCCn1c(C)cc(=O)c(-c2nc3ccccc3o2)c1S. The molecule has 3 aromatic rings. The van der Waals surface area contributed by atoms with Crippen LogP contribution in [0.25, 0.3) is 22.6 Å². The molecule has 2 aromatic heterocycles. The number of thiol groups is 1. The van der Waals surface area contributed by atoms with Gasteiger partial charge in [-0.2, -0.15) is 0 Å². The normalized spacial score (nSPS) is 11.2. The van der Waals surface area contributed by atoms with Crippen molar-refractivity contribution in [2.45, 2.75) is 38.3 Å². The second-order valence-electron chi connectivity index (χ2n) is 5.34. The van der Waals surface area contributed by atoms with Crippen LogP contribution in [0.5, 0.6) is 0 Å². The number of fused-ring (bicyclic) bond motifs is 1. The molecule has 5 heteroatoms. The molecule has 3 rings (SSSR count). The van der Waals surface area contributed by atoms with E-state index in [1.165, 1.54) is 0 Å². The van der Waals surface area contributed by atoms with Gasteiger partial charge < -0.3 is 8.98 Å². The molecule has 0 N–H and O–H groups in total. The Morgan fingerprint density at radius 3 is 2.82 bits per heavy atom. The number of oxazole rings is 1. The monoisotopic (exact) mass is 314 g/mol. The average Bonchev–Trinajstić information content (AvgIpc) is 2.90. The molecule has 2 heterocycles. The topological polar surface area (TPSA) is 48.0 Å². The molecule has 4 nitrogen and oxygen atoms in total. The minimum atomic E-state index is -0.109. The van der Waals surface area contributed by atoms with E-state index in [0.717, 1.165) is 30.6 Å². The van der Waals surface area contributed by atoms with Gasteiger partial charge in [-0.25, -0.2) is 4.98 Å². The van der Waals surface area contributed by atoms with Gasteiger partial charge in [0.1, 0.15) is 11.1 Å². The van der Waals surface area contributed by atoms with Gasteiger partial charge in [-0.15, -0.1) is 12.6 Å². The van der Waals surface area contributed by atoms with E-state index in [2.05, 4.69) is 24.5 Å². The summed E-state index contributed by atoms with van der Waals surface area (Å²) in [6.45, 7) is 4.89. The number of pyridine rings is 1. The molecule has 0 fully saturated rings. The van der Waals surface area contributed by atoms with Gasteiger partial charge in [0.2, 0.25) is 5.89 Å². The van der Waals surface area contributed by atoms with E-state index < -0.39 is 0 Å². The summed E-state index contributed by atoms with van der Waals surface area (Å²) < 4.78 is 7.78. The Hall–Kier alpha value is -2.01. The Morgan fingerprint density at radius 2 is 2.09 bits per heavy atom. The number of hydrogen-bond acceptors (Lipinski definition) is 4. The maximum absolute atomic E-state index is 12.4. The summed E-state index contributed by atoms with van der Waals surface area (Å²) in [6, 6.07) is 9.11. The highest BCUT2D eigenvalue weighted by Gasteiger charge is 2.18. The Labute approximate surface area is 134 Å². The largest absolute Gasteiger partial charge is 0.436 e. The lowest BCUT2D eigenvalue weighted by Gasteiger charge is -2.15. The van der Waals surface area contributed by atoms with Crippen LogP contribution in [-0.4, -0.2) is 9.55 Å². The number of nitrogens with zero attached hydrogens (tertiary/aromatic N) is 2. The quantitative estimate of drug-likeness (QED) is 0.739. The second kappa shape index (κ2) is 6.01. The summed E-state index contributed by atoms with van der Waals surface area (Å²) >= 11 is 4.58. The third-order valence-electron chi connectivity index (χ3n) is 3.73. The van der Waals surface area contributed by atoms with Crippen molar-refractivity contribution in [1.29, 1.82) is 0 Å². The van der Waals surface area contributed by atoms with E-state index in [-0.39, 0.29) is 5.43 Å². The lowest BCUT2D eigenvalue weighted by atomic mass is 10.2. The van der Waals surface area contributed by atoms with Crippen molar-refractivity contribution in [3.8, 4) is 11.5 Å². The minimum Gasteiger partial charge on any atom is -0.436 e. The molecule has 0 saturated carbocycles. The fraction of sp³-hybridized carbons (Fsp3) is 0.294. The van der Waals surface area contributed by atoms with E-state index >= 15 is 0 Å². The zero-order valence-electron chi connectivity index (χ0n) is 12.7. The summed E-state index contributed by atoms with van der Waals surface area (Å²) in [6.07, 6.45) is 2.11. The minimum absolute atomic E-state index is 0.109. The molecule has 0 atom stereocenters. The molecule has 0 saturated heterocycles. The van der Waals surface area contributed by atoms with Gasteiger partial charge in [0.05, 0.1) is 5.03 Å². The number of benzene rings is 1. The van der Waals surface area contributed by atoms with E-state index in [4.69, 9.17) is 4.42 Å². The molecule has 0 unspecified atom stereocenters. The highest BCUT2D eigenvalue weighted by Crippen LogP contribution is 2.27. The first-order valence-corrected chi connectivity index (χ1v) is 7.86. The van der Waals surface area contributed by atoms with Crippen molar-refractivity contribution in [3.63, 3.8) is 0 Å². The van der Waals surface area contributed by atoms with Gasteiger partial charge in [-0.05, 0) is 25.5 Å². The molecular formula is C17H18N2O2S. The summed E-state index contributed by atoms with van der Waals surface area (Å²) in [4.78, 5) is 16.8. The second-order valence-corrected chi connectivity index (χ2v) is 5.76. The van der Waals surface area contributed by atoms with Crippen molar-refractivity contribution in [2.75, 3.05) is 0 Å². The molecule has 0 aliphatic heterocycles. The maximum atomic E-state index is 12.4. The third-order valence-corrected chi connectivity index (χ3v) is 4.20. The number of para-hydroxylation sites is 2. The highest BCUT2D eigenvalue weighted by atomic mass is 32.1. The summed E-state index contributed by atoms with van der Waals surface area (Å²) in [7, 11) is 0. The molecule has 0 amide bonds. The molecule has 0 aliphatic carbocycles. The Kier molecular flexibility index (Phi) is 4.07. The van der Waals surface area contributed by atoms with Crippen LogP contribution in [0, 0.1) is 6.92 Å². The van der Waals surface area contributed by atoms with E-state index in [1.807, 2.05) is 35.8 Å². The zero-order chi connectivity index (χ0) is 15.7. The molecule has 0 bridgehead atoms. The van der Waals surface area contributed by atoms with E-state index in [0.29, 0.717) is 22.1 Å². The number of unbranched alkanes of at least 4 members (excludes halogenated alkanes) is 1. The Bertz CT molecular complexity index is 847. The predicted molar refractivity (Wildman–Crippen MR) is 90.6 cm³/mol. The molecule has 22 heavy (non-hydrogen) atoms. The third kappa shape index (κ3) is 2.57. The van der Waals surface area contributed by atoms with Crippen LogP contribution in [0.15, 0.2) is 44.6 Å². The van der Waals surface area contributed by atoms with Crippen LogP contribution < -0.4 is 5.43 Å². The molecular weight excluding hydrogens is 296 g/mol. The van der Waals surface area contributed by atoms with Crippen LogP contribution in [0.4, 0.5) is 0 Å². The lowest BCUT2D eigenvalue weighted by Crippen LogP contribution is -2.15. The van der Waals surface area contributed by atoms with Crippen LogP contribution in [-0.2, 0) is 6.54 Å². The molecule has 0 radical (unpaired) electrons. The summed E-state index contributed by atoms with van der Waals surface area (Å²) in [5.41, 5.74) is 2.64. The van der Waals surface area contributed by atoms with Gasteiger partial charge in [0.25, 0.3) is 0 Å². The van der Waals surface area contributed by atoms with Crippen molar-refractivity contribution in [2.24, 2.45) is 0 Å². The van der Waals surface area contributed by atoms with Crippen LogP contribution >= 0.6 is 12.6 Å². The van der Waals surface area contributed by atoms with Crippen molar-refractivity contribution in [1.82, 2.24) is 9.55 Å². The first-order valence-electron chi connectivity index (χ1n) is 7.41. The van der Waals surface area contributed by atoms with Crippen molar-refractivity contribution in [3.05, 3.63) is 46.2 Å². The number of rotatable bonds is 4. The standard InChI is InChI=1S/C17H18N2O2S/c1-3-4-9-19-11(2)10-13(20)15(17(19)22)16-18-12-7-5-6-8-14(12)21-16/h5-8,10,22H,3-4,9H2,1-2H3. The molecule has 1 aromatic carbocycles. The van der Waals surface area contributed by atoms with Gasteiger partial charge in [0.15, 0.2) is 11.0 Å².